The molecular formula is C18H13F4N3O3. The lowest BCUT2D eigenvalue weighted by Gasteiger charge is -2.35. The Hall–Kier alpha value is -3.17. The molecule has 6 nitrogen and oxygen atoms in total. The van der Waals surface area contributed by atoms with Crippen LogP contribution in [0.4, 0.5) is 17.6 Å². The molecule has 2 aromatic heterocycles. The second-order valence-electron chi connectivity index (χ2n) is 6.46. The Morgan fingerprint density at radius 1 is 1.14 bits per heavy atom. The van der Waals surface area contributed by atoms with Gasteiger partial charge in [0.15, 0.2) is 5.76 Å². The molecule has 0 unspecified atom stereocenters. The van der Waals surface area contributed by atoms with Gasteiger partial charge in [-0.15, -0.1) is 0 Å². The van der Waals surface area contributed by atoms with Crippen molar-refractivity contribution in [2.45, 2.75) is 31.0 Å². The summed E-state index contributed by atoms with van der Waals surface area (Å²) in [6.45, 7) is 0. The van der Waals surface area contributed by atoms with Gasteiger partial charge in [0.2, 0.25) is 5.88 Å². The molecule has 1 aliphatic rings. The molecule has 28 heavy (non-hydrogen) atoms. The third-order valence-corrected chi connectivity index (χ3v) is 4.55. The van der Waals surface area contributed by atoms with E-state index in [9.17, 15) is 22.4 Å². The molecule has 0 bridgehead atoms. The van der Waals surface area contributed by atoms with Crippen LogP contribution in [0, 0.1) is 5.82 Å². The monoisotopic (exact) mass is 395 g/mol. The number of alkyl halides is 3. The maximum atomic E-state index is 13.9. The summed E-state index contributed by atoms with van der Waals surface area (Å²) < 4.78 is 62.9. The highest BCUT2D eigenvalue weighted by molar-refractivity contribution is 5.49. The van der Waals surface area contributed by atoms with Gasteiger partial charge in [-0.25, -0.2) is 14.4 Å². The largest absolute Gasteiger partial charge is 0.473 e. The van der Waals surface area contributed by atoms with Crippen molar-refractivity contribution in [3.8, 4) is 17.3 Å². The van der Waals surface area contributed by atoms with E-state index in [4.69, 9.17) is 9.26 Å². The van der Waals surface area contributed by atoms with Gasteiger partial charge in [0.1, 0.15) is 17.6 Å². The van der Waals surface area contributed by atoms with Gasteiger partial charge in [0.25, 0.3) is 5.56 Å². The first-order valence-corrected chi connectivity index (χ1v) is 8.34. The zero-order valence-electron chi connectivity index (χ0n) is 14.2. The molecule has 0 amide bonds. The van der Waals surface area contributed by atoms with E-state index < -0.39 is 23.1 Å². The highest BCUT2D eigenvalue weighted by Crippen LogP contribution is 2.42. The van der Waals surface area contributed by atoms with Crippen molar-refractivity contribution in [1.29, 1.82) is 0 Å². The molecule has 146 valence electrons. The Morgan fingerprint density at radius 3 is 2.54 bits per heavy atom. The molecule has 1 N–H and O–H groups in total. The fourth-order valence-corrected chi connectivity index (χ4v) is 3.03. The van der Waals surface area contributed by atoms with Crippen molar-refractivity contribution < 1.29 is 26.8 Å². The highest BCUT2D eigenvalue weighted by Gasteiger charge is 2.37. The zero-order chi connectivity index (χ0) is 19.9. The van der Waals surface area contributed by atoms with E-state index in [-0.39, 0.29) is 29.2 Å². The third kappa shape index (κ3) is 3.62. The average molecular weight is 395 g/mol. The maximum absolute atomic E-state index is 13.9. The van der Waals surface area contributed by atoms with Crippen molar-refractivity contribution in [1.82, 2.24) is 15.1 Å². The number of ether oxygens (including phenoxy) is 1. The Bertz CT molecular complexity index is 1040. The maximum Gasteiger partial charge on any atom is 0.416 e. The van der Waals surface area contributed by atoms with E-state index in [1.165, 1.54) is 18.5 Å². The predicted octanol–water partition coefficient (Wildman–Crippen LogP) is 3.91. The Kier molecular flexibility index (Phi) is 4.40. The molecule has 1 aliphatic carbocycles. The summed E-state index contributed by atoms with van der Waals surface area (Å²) in [5.74, 6) is -0.565. The Morgan fingerprint density at radius 2 is 1.93 bits per heavy atom. The van der Waals surface area contributed by atoms with Crippen LogP contribution in [-0.2, 0) is 6.18 Å². The van der Waals surface area contributed by atoms with Gasteiger partial charge in [-0.05, 0) is 42.5 Å². The molecular weight excluding hydrogens is 382 g/mol. The molecule has 0 saturated heterocycles. The first-order valence-electron chi connectivity index (χ1n) is 8.34. The molecule has 0 spiro atoms. The van der Waals surface area contributed by atoms with Crippen LogP contribution in [0.1, 0.15) is 29.9 Å². The van der Waals surface area contributed by atoms with Crippen LogP contribution in [-0.4, -0.2) is 21.2 Å². The highest BCUT2D eigenvalue weighted by atomic mass is 19.4. The predicted molar refractivity (Wildman–Crippen MR) is 88.1 cm³/mol. The number of H-pyrrole nitrogens is 1. The van der Waals surface area contributed by atoms with Crippen LogP contribution < -0.4 is 10.3 Å². The van der Waals surface area contributed by atoms with E-state index in [1.807, 2.05) is 0 Å². The summed E-state index contributed by atoms with van der Waals surface area (Å²) in [4.78, 5) is 19.2. The van der Waals surface area contributed by atoms with Crippen LogP contribution in [0.3, 0.4) is 0 Å². The fourth-order valence-electron chi connectivity index (χ4n) is 3.03. The number of benzene rings is 1. The van der Waals surface area contributed by atoms with Gasteiger partial charge >= 0.3 is 6.18 Å². The van der Waals surface area contributed by atoms with Crippen molar-refractivity contribution in [3.05, 3.63) is 64.0 Å². The van der Waals surface area contributed by atoms with Crippen molar-refractivity contribution >= 4 is 0 Å². The minimum atomic E-state index is -4.52. The normalized spacial score (nSPS) is 19.3. The quantitative estimate of drug-likeness (QED) is 0.678. The minimum absolute atomic E-state index is 0.0404. The van der Waals surface area contributed by atoms with E-state index in [2.05, 4.69) is 15.1 Å². The summed E-state index contributed by atoms with van der Waals surface area (Å²) in [5, 5.41) is 2.14. The van der Waals surface area contributed by atoms with Gasteiger partial charge in [-0.1, -0.05) is 0 Å². The second kappa shape index (κ2) is 6.77. The molecule has 10 heteroatoms. The second-order valence-corrected chi connectivity index (χ2v) is 6.46. The van der Waals surface area contributed by atoms with Crippen molar-refractivity contribution in [2.24, 2.45) is 0 Å². The number of aromatic amines is 1. The molecule has 4 rings (SSSR count). The summed E-state index contributed by atoms with van der Waals surface area (Å²) in [6, 6.07) is 3.66. The number of aromatic nitrogens is 3. The van der Waals surface area contributed by atoms with Crippen LogP contribution in [0.25, 0.3) is 11.5 Å². The average Bonchev–Trinajstić information content (AvgIpc) is 3.04. The summed E-state index contributed by atoms with van der Waals surface area (Å²) in [7, 11) is 0. The smallest absolute Gasteiger partial charge is 0.416 e. The van der Waals surface area contributed by atoms with Crippen LogP contribution in [0.15, 0.2) is 46.0 Å². The molecule has 1 aromatic carbocycles. The van der Waals surface area contributed by atoms with Crippen molar-refractivity contribution in [2.75, 3.05) is 0 Å². The third-order valence-electron chi connectivity index (χ3n) is 4.55. The van der Waals surface area contributed by atoms with E-state index >= 15 is 0 Å². The number of nitrogens with one attached hydrogen (secondary N) is 1. The standard InChI is InChI=1S/C18H13F4N3O3/c19-13-2-1-10(18(20,21)22)5-12(13)9-3-11(4-9)27-17-8-23-14(7-24-17)15-6-16(26)25-28-15/h1-2,5-9,11H,3-4H2,(H,25,26). The summed E-state index contributed by atoms with van der Waals surface area (Å²) in [5.41, 5.74) is -0.896. The minimum Gasteiger partial charge on any atom is -0.473 e. The number of hydrogen-bond acceptors (Lipinski definition) is 5. The number of nitrogens with zero attached hydrogens (tertiary/aromatic N) is 2. The van der Waals surface area contributed by atoms with Gasteiger partial charge in [-0.2, -0.15) is 18.3 Å². The SMILES string of the molecule is O=c1cc(-c2cnc(OC3CC(c4cc(C(F)(F)F)ccc4F)C3)cn2)o[nH]1. The molecule has 3 aromatic rings. The Labute approximate surface area is 155 Å². The lowest BCUT2D eigenvalue weighted by molar-refractivity contribution is -0.137. The van der Waals surface area contributed by atoms with Gasteiger partial charge in [0.05, 0.1) is 24.0 Å². The molecule has 0 radical (unpaired) electrons. The lowest BCUT2D eigenvalue weighted by atomic mass is 9.77. The molecule has 1 saturated carbocycles. The van der Waals surface area contributed by atoms with E-state index in [1.54, 1.807) is 0 Å². The first-order chi connectivity index (χ1) is 13.3. The summed E-state index contributed by atoms with van der Waals surface area (Å²) >= 11 is 0. The molecule has 1 fully saturated rings. The van der Waals surface area contributed by atoms with Gasteiger partial charge < -0.3 is 9.26 Å². The number of halogens is 4. The molecule has 0 atom stereocenters. The van der Waals surface area contributed by atoms with Gasteiger partial charge in [-0.3, -0.25) is 4.79 Å². The molecule has 2 heterocycles. The van der Waals surface area contributed by atoms with E-state index in [0.29, 0.717) is 18.5 Å². The Balaban J connectivity index is 1.39. The fraction of sp³-hybridized carbons (Fsp3) is 0.278. The first kappa shape index (κ1) is 18.2. The number of rotatable bonds is 4. The topological polar surface area (TPSA) is 81.0 Å². The van der Waals surface area contributed by atoms with E-state index in [0.717, 1.165) is 18.2 Å². The number of hydrogen-bond donors (Lipinski definition) is 1. The lowest BCUT2D eigenvalue weighted by Crippen LogP contribution is -2.33. The van der Waals surface area contributed by atoms with Crippen molar-refractivity contribution in [3.63, 3.8) is 0 Å². The van der Waals surface area contributed by atoms with Crippen LogP contribution in [0.2, 0.25) is 0 Å². The van der Waals surface area contributed by atoms with Gasteiger partial charge in [0, 0.05) is 0 Å². The summed E-state index contributed by atoms with van der Waals surface area (Å²) in [6.07, 6.45) is -1.37. The zero-order valence-corrected chi connectivity index (χ0v) is 14.2. The van der Waals surface area contributed by atoms with Crippen LogP contribution >= 0.6 is 0 Å². The molecule has 0 aliphatic heterocycles. The van der Waals surface area contributed by atoms with Crippen LogP contribution in [0.5, 0.6) is 5.88 Å².